The molecule has 40 heavy (non-hydrogen) atoms. The Morgan fingerprint density at radius 3 is 2.25 bits per heavy atom. The Morgan fingerprint density at radius 2 is 1.60 bits per heavy atom. The Bertz CT molecular complexity index is 1630. The van der Waals surface area contributed by atoms with Gasteiger partial charge < -0.3 is 10.2 Å². The van der Waals surface area contributed by atoms with Crippen molar-refractivity contribution in [1.29, 1.82) is 0 Å². The largest absolute Gasteiger partial charge is 0.369 e. The van der Waals surface area contributed by atoms with Crippen LogP contribution < -0.4 is 15.4 Å². The third kappa shape index (κ3) is 4.79. The summed E-state index contributed by atoms with van der Waals surface area (Å²) >= 11 is 6.53. The van der Waals surface area contributed by atoms with E-state index in [-0.39, 0.29) is 29.0 Å². The number of sulfonamides is 1. The molecule has 1 aliphatic carbocycles. The molecule has 0 radical (unpaired) electrons. The number of halogens is 2. The highest BCUT2D eigenvalue weighted by atomic mass is 35.5. The fourth-order valence-corrected chi connectivity index (χ4v) is 7.47. The lowest BCUT2D eigenvalue weighted by Gasteiger charge is -2.29. The van der Waals surface area contributed by atoms with E-state index in [4.69, 9.17) is 21.8 Å². The molecule has 0 bridgehead atoms. The lowest BCUT2D eigenvalue weighted by molar-refractivity contribution is 0.501. The molecule has 1 saturated heterocycles. The van der Waals surface area contributed by atoms with Crippen LogP contribution >= 0.6 is 11.6 Å². The smallest absolute Gasteiger partial charge is 0.219 e. The fourth-order valence-electron chi connectivity index (χ4n) is 5.94. The predicted octanol–water partition coefficient (Wildman–Crippen LogP) is 4.86. The number of primary sulfonamides is 1. The third-order valence-electron chi connectivity index (χ3n) is 8.04. The summed E-state index contributed by atoms with van der Waals surface area (Å²) in [6.07, 6.45) is 6.83. The molecule has 0 spiro atoms. The number of piperazine rings is 1. The molecule has 2 aromatic heterocycles. The van der Waals surface area contributed by atoms with Gasteiger partial charge in [-0.15, -0.1) is 0 Å². The molecule has 3 heterocycles. The van der Waals surface area contributed by atoms with E-state index in [2.05, 4.69) is 27.3 Å². The van der Waals surface area contributed by atoms with Gasteiger partial charge >= 0.3 is 0 Å². The molecule has 8 nitrogen and oxygen atoms in total. The Labute approximate surface area is 238 Å². The second kappa shape index (κ2) is 10.6. The molecular weight excluding hydrogens is 551 g/mol. The number of nitrogens with two attached hydrogens (primary N) is 1. The van der Waals surface area contributed by atoms with E-state index in [1.54, 1.807) is 35.4 Å². The van der Waals surface area contributed by atoms with Crippen molar-refractivity contribution in [2.45, 2.75) is 30.4 Å². The van der Waals surface area contributed by atoms with Gasteiger partial charge in [-0.2, -0.15) is 5.10 Å². The van der Waals surface area contributed by atoms with E-state index in [0.29, 0.717) is 24.1 Å². The SMILES string of the molecule is NS(=O)(=O)C1(c2cc(Cl)cc(-c3cn(-c4ccc(N5CCNCC5)cc4)nc3-c3ccncc3)c2F)CCCC1. The zero-order chi connectivity index (χ0) is 27.9. The van der Waals surface area contributed by atoms with Crippen LogP contribution in [-0.2, 0) is 14.8 Å². The molecule has 0 amide bonds. The zero-order valence-electron chi connectivity index (χ0n) is 21.9. The quantitative estimate of drug-likeness (QED) is 0.337. The summed E-state index contributed by atoms with van der Waals surface area (Å²) in [6.45, 7) is 3.76. The van der Waals surface area contributed by atoms with Crippen molar-refractivity contribution >= 4 is 27.3 Å². The van der Waals surface area contributed by atoms with Crippen LogP contribution in [0.5, 0.6) is 0 Å². The first-order valence-corrected chi connectivity index (χ1v) is 15.3. The molecule has 0 atom stereocenters. The summed E-state index contributed by atoms with van der Waals surface area (Å²) in [4.78, 5) is 6.43. The van der Waals surface area contributed by atoms with E-state index in [1.807, 2.05) is 12.1 Å². The summed E-state index contributed by atoms with van der Waals surface area (Å²) in [5.41, 5.74) is 3.88. The number of hydrogen-bond donors (Lipinski definition) is 2. The van der Waals surface area contributed by atoms with Crippen molar-refractivity contribution < 1.29 is 12.8 Å². The minimum atomic E-state index is -4.10. The lowest BCUT2D eigenvalue weighted by atomic mass is 9.91. The van der Waals surface area contributed by atoms with Gasteiger partial charge in [-0.3, -0.25) is 4.98 Å². The molecular formula is C29H30ClFN6O2S. The van der Waals surface area contributed by atoms with Crippen LogP contribution in [0.1, 0.15) is 31.2 Å². The first-order valence-electron chi connectivity index (χ1n) is 13.4. The van der Waals surface area contributed by atoms with Gasteiger partial charge in [0, 0.05) is 77.7 Å². The van der Waals surface area contributed by atoms with Gasteiger partial charge in [-0.1, -0.05) is 24.4 Å². The zero-order valence-corrected chi connectivity index (χ0v) is 23.4. The summed E-state index contributed by atoms with van der Waals surface area (Å²) in [7, 11) is -4.10. The maximum atomic E-state index is 16.5. The maximum Gasteiger partial charge on any atom is 0.219 e. The topological polar surface area (TPSA) is 106 Å². The number of rotatable bonds is 6. The predicted molar refractivity (Wildman–Crippen MR) is 156 cm³/mol. The normalized spacial score (nSPS) is 17.3. The molecule has 2 fully saturated rings. The number of benzene rings is 2. The number of nitrogens with zero attached hydrogens (tertiary/aromatic N) is 4. The van der Waals surface area contributed by atoms with Crippen molar-refractivity contribution in [3.63, 3.8) is 0 Å². The highest BCUT2D eigenvalue weighted by molar-refractivity contribution is 7.90. The van der Waals surface area contributed by atoms with Gasteiger partial charge in [0.2, 0.25) is 10.0 Å². The van der Waals surface area contributed by atoms with E-state index >= 15 is 4.39 Å². The van der Waals surface area contributed by atoms with Crippen molar-refractivity contribution in [3.8, 4) is 28.1 Å². The van der Waals surface area contributed by atoms with Gasteiger partial charge in [0.1, 0.15) is 16.3 Å². The van der Waals surface area contributed by atoms with Crippen molar-refractivity contribution in [1.82, 2.24) is 20.1 Å². The van der Waals surface area contributed by atoms with Crippen LogP contribution in [0.3, 0.4) is 0 Å². The molecule has 1 saturated carbocycles. The fraction of sp³-hybridized carbons (Fsp3) is 0.310. The minimum absolute atomic E-state index is 0.0174. The average Bonchev–Trinajstić information content (AvgIpc) is 3.64. The van der Waals surface area contributed by atoms with Gasteiger partial charge in [0.05, 0.1) is 5.69 Å². The summed E-state index contributed by atoms with van der Waals surface area (Å²) in [5.74, 6) is -0.649. The molecule has 11 heteroatoms. The van der Waals surface area contributed by atoms with Crippen LogP contribution in [0.4, 0.5) is 10.1 Å². The molecule has 2 aromatic carbocycles. The Morgan fingerprint density at radius 1 is 0.950 bits per heavy atom. The molecule has 208 valence electrons. The summed E-state index contributed by atoms with van der Waals surface area (Å²) in [6, 6.07) is 14.6. The van der Waals surface area contributed by atoms with Crippen molar-refractivity contribution in [3.05, 3.63) is 83.5 Å². The van der Waals surface area contributed by atoms with E-state index in [9.17, 15) is 8.42 Å². The van der Waals surface area contributed by atoms with E-state index < -0.39 is 20.6 Å². The van der Waals surface area contributed by atoms with Crippen molar-refractivity contribution in [2.24, 2.45) is 5.14 Å². The van der Waals surface area contributed by atoms with Gasteiger partial charge in [0.25, 0.3) is 0 Å². The second-order valence-corrected chi connectivity index (χ2v) is 12.7. The average molecular weight is 581 g/mol. The standard InChI is InChI=1S/C29H30ClFN6O2S/c30-21-17-24(27(31)26(18-21)29(40(32,38)39)9-1-2-10-29)25-19-37(35-28(25)20-7-11-33-12-8-20)23-5-3-22(4-6-23)36-15-13-34-14-16-36/h3-8,11-12,17-19,34H,1-2,9-10,13-16H2,(H2,32,38,39). The van der Waals surface area contributed by atoms with Crippen molar-refractivity contribution in [2.75, 3.05) is 31.1 Å². The highest BCUT2D eigenvalue weighted by Gasteiger charge is 2.48. The van der Waals surface area contributed by atoms with Crippen LogP contribution in [0.25, 0.3) is 28.1 Å². The van der Waals surface area contributed by atoms with Crippen LogP contribution in [-0.4, -0.2) is 49.4 Å². The first-order chi connectivity index (χ1) is 19.3. The Hall–Kier alpha value is -3.31. The molecule has 1 aliphatic heterocycles. The number of nitrogens with one attached hydrogen (secondary N) is 1. The van der Waals surface area contributed by atoms with E-state index in [0.717, 1.165) is 43.1 Å². The molecule has 2 aliphatic rings. The van der Waals surface area contributed by atoms with E-state index in [1.165, 1.54) is 12.1 Å². The molecule has 0 unspecified atom stereocenters. The monoisotopic (exact) mass is 580 g/mol. The third-order valence-corrected chi connectivity index (χ3v) is 9.97. The van der Waals surface area contributed by atoms with Crippen LogP contribution in [0, 0.1) is 5.82 Å². The number of hydrogen-bond acceptors (Lipinski definition) is 6. The lowest BCUT2D eigenvalue weighted by Crippen LogP contribution is -2.43. The summed E-state index contributed by atoms with van der Waals surface area (Å²) in [5, 5.41) is 14.2. The number of pyridine rings is 1. The first kappa shape index (κ1) is 26.9. The highest BCUT2D eigenvalue weighted by Crippen LogP contribution is 2.48. The Kier molecular flexibility index (Phi) is 7.12. The van der Waals surface area contributed by atoms with Gasteiger partial charge in [-0.05, 0) is 61.4 Å². The Balaban J connectivity index is 1.49. The van der Waals surface area contributed by atoms with Gasteiger partial charge in [0.15, 0.2) is 0 Å². The molecule has 4 aromatic rings. The minimum Gasteiger partial charge on any atom is -0.369 e. The second-order valence-electron chi connectivity index (χ2n) is 10.4. The van der Waals surface area contributed by atoms with Crippen LogP contribution in [0.15, 0.2) is 67.1 Å². The molecule has 3 N–H and O–H groups in total. The summed E-state index contributed by atoms with van der Waals surface area (Å²) < 4.78 is 42.3. The number of aromatic nitrogens is 3. The maximum absolute atomic E-state index is 16.5. The number of anilines is 1. The van der Waals surface area contributed by atoms with Crippen LogP contribution in [0.2, 0.25) is 5.02 Å². The molecule has 6 rings (SSSR count). The van der Waals surface area contributed by atoms with Gasteiger partial charge in [-0.25, -0.2) is 22.6 Å².